The van der Waals surface area contributed by atoms with Crippen molar-refractivity contribution in [2.45, 2.75) is 171 Å². The molecule has 13 heteroatoms. The van der Waals surface area contributed by atoms with Crippen LogP contribution in [0.25, 0.3) is 0 Å². The lowest BCUT2D eigenvalue weighted by Gasteiger charge is -2.73. The van der Waals surface area contributed by atoms with Gasteiger partial charge in [0, 0.05) is 39.5 Å². The lowest BCUT2D eigenvalue weighted by Crippen LogP contribution is -2.67. The standard InChI is InChI=1S/C38H62O7.3C2H4O2/c1-22(2)24-11-16-38(21-43-26-19-31(41)45-27(20-39)33(26)42)18-17-36(7)25(32(24)38)9-10-29-35(6)14-13-30(44-23(3)40)34(4,5)28(35)12-15-37(29,36)8;3*1-2(3)4/h24-33,39,41-42H,1,9-21H2,2-8H3;3*1H3,(H,3,4)/t24-,25+,26+,27+,28-,29+,30?,31-,32+,33+,35-,36+,37+,38+;;;/m0.../s1. The number of carbonyl (C=O) groups is 4. The van der Waals surface area contributed by atoms with Crippen LogP contribution >= 0.6 is 0 Å². The van der Waals surface area contributed by atoms with Crippen molar-refractivity contribution in [3.8, 4) is 0 Å². The van der Waals surface area contributed by atoms with E-state index in [4.69, 9.17) is 43.9 Å². The number of allylic oxidation sites excluding steroid dienone is 1. The fraction of sp³-hybridized carbons (Fsp3) is 0.864. The molecule has 0 radical (unpaired) electrons. The summed E-state index contributed by atoms with van der Waals surface area (Å²) >= 11 is 0. The normalized spacial score (nSPS) is 42.5. The minimum atomic E-state index is -1.04. The summed E-state index contributed by atoms with van der Waals surface area (Å²) in [7, 11) is 0. The summed E-state index contributed by atoms with van der Waals surface area (Å²) in [5.41, 5.74) is 1.96. The Hall–Kier alpha value is -2.58. The van der Waals surface area contributed by atoms with Crippen molar-refractivity contribution < 1.29 is 64.0 Å². The molecule has 6 N–H and O–H groups in total. The number of carbonyl (C=O) groups excluding carboxylic acids is 1. The van der Waals surface area contributed by atoms with Crippen LogP contribution in [0, 0.1) is 56.7 Å². The van der Waals surface area contributed by atoms with E-state index in [9.17, 15) is 20.1 Å². The number of hydrogen-bond acceptors (Lipinski definition) is 10. The molecule has 6 fully saturated rings. The highest BCUT2D eigenvalue weighted by atomic mass is 16.6. The number of ether oxygens (including phenoxy) is 3. The van der Waals surface area contributed by atoms with Crippen LogP contribution in [0.15, 0.2) is 12.2 Å². The Morgan fingerprint density at radius 1 is 0.737 bits per heavy atom. The Kier molecular flexibility index (Phi) is 16.1. The van der Waals surface area contributed by atoms with Gasteiger partial charge in [0.1, 0.15) is 18.3 Å². The molecular weight excluding hydrogens is 736 g/mol. The van der Waals surface area contributed by atoms with Gasteiger partial charge in [0.15, 0.2) is 6.29 Å². The number of carboxylic acids is 3. The van der Waals surface area contributed by atoms with Crippen LogP contribution in [0.1, 0.15) is 140 Å². The van der Waals surface area contributed by atoms with Gasteiger partial charge in [-0.25, -0.2) is 0 Å². The molecule has 13 nitrogen and oxygen atoms in total. The number of hydrogen-bond donors (Lipinski definition) is 6. The van der Waals surface area contributed by atoms with Gasteiger partial charge in [0.2, 0.25) is 0 Å². The van der Waals surface area contributed by atoms with Crippen LogP contribution in [0.2, 0.25) is 0 Å². The molecule has 0 amide bonds. The molecule has 0 bridgehead atoms. The van der Waals surface area contributed by atoms with Crippen LogP contribution in [-0.2, 0) is 33.4 Å². The van der Waals surface area contributed by atoms with E-state index in [0.717, 1.165) is 52.9 Å². The van der Waals surface area contributed by atoms with Crippen LogP contribution in [0.3, 0.4) is 0 Å². The maximum Gasteiger partial charge on any atom is 0.302 e. The van der Waals surface area contributed by atoms with Gasteiger partial charge in [-0.05, 0) is 122 Å². The molecule has 5 aliphatic carbocycles. The second-order valence-corrected chi connectivity index (χ2v) is 19.5. The molecule has 6 rings (SSSR count). The number of rotatable bonds is 6. The van der Waals surface area contributed by atoms with E-state index in [-0.39, 0.29) is 52.2 Å². The zero-order chi connectivity index (χ0) is 43.5. The van der Waals surface area contributed by atoms with Gasteiger partial charge in [-0.2, -0.15) is 0 Å². The molecule has 0 aromatic heterocycles. The highest BCUT2D eigenvalue weighted by Crippen LogP contribution is 2.77. The van der Waals surface area contributed by atoms with E-state index >= 15 is 0 Å². The van der Waals surface area contributed by atoms with E-state index in [2.05, 4.69) is 48.1 Å². The Bertz CT molecular complexity index is 1410. The third-order valence-electron chi connectivity index (χ3n) is 15.8. The average Bonchev–Trinajstić information content (AvgIpc) is 3.46. The SMILES string of the molecule is C=C(C)[C@@H]1CC[C@]2(CO[C@@H]3C[C@@H](O)O[C@H](CO)[C@@H]3O)CC[C@]3(C)[C@H](CC[C@@H]4[C@@]5(C)CCC(OC(C)=O)C(C)(C)[C@@H]5CC[C@]43C)[C@@H]12.CC(=O)O.CC(=O)O.CC(=O)O. The third kappa shape index (κ3) is 10.1. The summed E-state index contributed by atoms with van der Waals surface area (Å²) in [6.07, 6.45) is 8.38. The maximum atomic E-state index is 12.0. The summed E-state index contributed by atoms with van der Waals surface area (Å²) in [4.78, 5) is 39.0. The predicted molar refractivity (Wildman–Crippen MR) is 213 cm³/mol. The molecule has 14 atom stereocenters. The van der Waals surface area contributed by atoms with Crippen molar-refractivity contribution >= 4 is 23.9 Å². The lowest BCUT2D eigenvalue weighted by atomic mass is 9.32. The number of aliphatic hydroxyl groups excluding tert-OH is 3. The Morgan fingerprint density at radius 3 is 1.84 bits per heavy atom. The molecule has 6 aliphatic rings. The highest BCUT2D eigenvalue weighted by molar-refractivity contribution is 5.66. The molecule has 328 valence electrons. The molecule has 0 spiro atoms. The number of carboxylic acid groups (broad SMARTS) is 3. The Balaban J connectivity index is 0.000000640. The molecule has 57 heavy (non-hydrogen) atoms. The molecule has 1 unspecified atom stereocenters. The van der Waals surface area contributed by atoms with Gasteiger partial charge in [-0.1, -0.05) is 46.8 Å². The summed E-state index contributed by atoms with van der Waals surface area (Å²) in [5.74, 6) is 0.0736. The topological polar surface area (TPSA) is 217 Å². The number of esters is 1. The van der Waals surface area contributed by atoms with Crippen LogP contribution in [-0.4, -0.2) is 98.4 Å². The largest absolute Gasteiger partial charge is 0.481 e. The number of aliphatic hydroxyl groups is 3. The third-order valence-corrected chi connectivity index (χ3v) is 15.8. The maximum absolute atomic E-state index is 12.0. The number of aliphatic carboxylic acids is 3. The second kappa shape index (κ2) is 18.8. The smallest absolute Gasteiger partial charge is 0.302 e. The van der Waals surface area contributed by atoms with Crippen molar-refractivity contribution in [1.82, 2.24) is 0 Å². The zero-order valence-corrected chi connectivity index (χ0v) is 36.2. The van der Waals surface area contributed by atoms with Gasteiger partial charge < -0.3 is 44.8 Å². The minimum absolute atomic E-state index is 0.00233. The van der Waals surface area contributed by atoms with Crippen LogP contribution in [0.4, 0.5) is 0 Å². The first-order chi connectivity index (χ1) is 26.2. The average molecular weight is 811 g/mol. The van der Waals surface area contributed by atoms with E-state index in [0.29, 0.717) is 36.2 Å². The van der Waals surface area contributed by atoms with Crippen LogP contribution in [0.5, 0.6) is 0 Å². The van der Waals surface area contributed by atoms with Crippen molar-refractivity contribution in [2.75, 3.05) is 13.2 Å². The van der Waals surface area contributed by atoms with E-state index < -0.39 is 42.5 Å². The van der Waals surface area contributed by atoms with E-state index in [1.165, 1.54) is 37.7 Å². The second-order valence-electron chi connectivity index (χ2n) is 19.5. The van der Waals surface area contributed by atoms with Gasteiger partial charge in [-0.15, -0.1) is 0 Å². The molecule has 1 heterocycles. The molecule has 5 saturated carbocycles. The summed E-state index contributed by atoms with van der Waals surface area (Å²) < 4.78 is 17.9. The first kappa shape index (κ1) is 48.8. The van der Waals surface area contributed by atoms with Gasteiger partial charge in [0.05, 0.1) is 19.3 Å². The Labute approximate surface area is 339 Å². The quantitative estimate of drug-likeness (QED) is 0.122. The first-order valence-corrected chi connectivity index (χ1v) is 20.9. The van der Waals surface area contributed by atoms with Crippen molar-refractivity contribution in [2.24, 2.45) is 56.7 Å². The first-order valence-electron chi connectivity index (χ1n) is 20.9. The summed E-state index contributed by atoms with van der Waals surface area (Å²) in [6.45, 7) is 24.4. The van der Waals surface area contributed by atoms with Crippen molar-refractivity contribution in [3.05, 3.63) is 12.2 Å². The fourth-order valence-electron chi connectivity index (χ4n) is 13.4. The zero-order valence-electron chi connectivity index (χ0n) is 36.2. The van der Waals surface area contributed by atoms with Gasteiger partial charge in [-0.3, -0.25) is 19.2 Å². The van der Waals surface area contributed by atoms with Crippen molar-refractivity contribution in [3.63, 3.8) is 0 Å². The fourth-order valence-corrected chi connectivity index (χ4v) is 13.4. The molecule has 0 aromatic carbocycles. The van der Waals surface area contributed by atoms with Gasteiger partial charge >= 0.3 is 5.97 Å². The van der Waals surface area contributed by atoms with Crippen molar-refractivity contribution in [1.29, 1.82) is 0 Å². The monoisotopic (exact) mass is 811 g/mol. The molecule has 1 saturated heterocycles. The molecular formula is C44H74O13. The minimum Gasteiger partial charge on any atom is -0.481 e. The predicted octanol–water partition coefficient (Wildman–Crippen LogP) is 6.69. The Morgan fingerprint density at radius 2 is 1.32 bits per heavy atom. The molecule has 0 aromatic rings. The van der Waals surface area contributed by atoms with E-state index in [1.54, 1.807) is 6.92 Å². The summed E-state index contributed by atoms with van der Waals surface area (Å²) in [6, 6.07) is 0. The highest BCUT2D eigenvalue weighted by Gasteiger charge is 2.71. The van der Waals surface area contributed by atoms with Crippen LogP contribution < -0.4 is 0 Å². The lowest BCUT2D eigenvalue weighted by molar-refractivity contribution is -0.265. The van der Waals surface area contributed by atoms with E-state index in [1.807, 2.05) is 0 Å². The summed E-state index contributed by atoms with van der Waals surface area (Å²) in [5, 5.41) is 53.2. The molecule has 1 aliphatic heterocycles. The number of fused-ring (bicyclic) bond motifs is 7. The van der Waals surface area contributed by atoms with Gasteiger partial charge in [0.25, 0.3) is 17.9 Å².